The fraction of sp³-hybridized carbons (Fsp3) is 0.588. The highest BCUT2D eigenvalue weighted by molar-refractivity contribution is 5.90. The van der Waals surface area contributed by atoms with Gasteiger partial charge in [0.1, 0.15) is 0 Å². The molecule has 20 heavy (non-hydrogen) atoms. The number of esters is 1. The summed E-state index contributed by atoms with van der Waals surface area (Å²) in [6.45, 7) is 1.75. The lowest BCUT2D eigenvalue weighted by atomic mass is 10.0. The van der Waals surface area contributed by atoms with E-state index in [1.165, 1.54) is 45.6 Å². The molecule has 0 bridgehead atoms. The molecule has 0 radical (unpaired) electrons. The van der Waals surface area contributed by atoms with Crippen molar-refractivity contribution in [2.45, 2.75) is 45.1 Å². The van der Waals surface area contributed by atoms with Crippen molar-refractivity contribution in [1.29, 1.82) is 0 Å². The summed E-state index contributed by atoms with van der Waals surface area (Å²) in [4.78, 5) is 11.6. The fourth-order valence-electron chi connectivity index (χ4n) is 3.02. The average Bonchev–Trinajstić information content (AvgIpc) is 3.00. The zero-order valence-electron chi connectivity index (χ0n) is 12.4. The topological polar surface area (TPSA) is 38.3 Å². The molecule has 0 amide bonds. The molecule has 3 nitrogen and oxygen atoms in total. The molecule has 1 aromatic rings. The van der Waals surface area contributed by atoms with Crippen LogP contribution in [-0.2, 0) is 11.3 Å². The predicted octanol–water partition coefficient (Wildman–Crippen LogP) is 3.53. The highest BCUT2D eigenvalue weighted by atomic mass is 16.5. The van der Waals surface area contributed by atoms with Crippen LogP contribution < -0.4 is 5.32 Å². The Morgan fingerprint density at radius 2 is 2.05 bits per heavy atom. The summed E-state index contributed by atoms with van der Waals surface area (Å²) < 4.78 is 4.81. The normalized spacial score (nSPS) is 15.4. The number of nitrogens with one attached hydrogen (secondary N) is 1. The van der Waals surface area contributed by atoms with Crippen LogP contribution in [0.3, 0.4) is 0 Å². The van der Waals surface area contributed by atoms with Crippen LogP contribution in [-0.4, -0.2) is 19.6 Å². The maximum atomic E-state index is 11.6. The van der Waals surface area contributed by atoms with Gasteiger partial charge < -0.3 is 10.1 Å². The van der Waals surface area contributed by atoms with Gasteiger partial charge >= 0.3 is 5.97 Å². The van der Waals surface area contributed by atoms with E-state index in [4.69, 9.17) is 4.74 Å². The Bertz CT molecular complexity index is 425. The maximum Gasteiger partial charge on any atom is 0.338 e. The zero-order valence-corrected chi connectivity index (χ0v) is 12.4. The number of methoxy groups -OCH3 is 1. The van der Waals surface area contributed by atoms with Crippen molar-refractivity contribution in [2.75, 3.05) is 13.7 Å². The van der Waals surface area contributed by atoms with Gasteiger partial charge in [0.25, 0.3) is 0 Å². The lowest BCUT2D eigenvalue weighted by Gasteiger charge is -2.11. The van der Waals surface area contributed by atoms with E-state index in [0.29, 0.717) is 5.56 Å². The van der Waals surface area contributed by atoms with Gasteiger partial charge in [0.2, 0.25) is 0 Å². The third-order valence-electron chi connectivity index (χ3n) is 4.18. The molecular formula is C17H25NO2. The van der Waals surface area contributed by atoms with E-state index in [-0.39, 0.29) is 5.97 Å². The van der Waals surface area contributed by atoms with Crippen LogP contribution in [0.1, 0.15) is 54.4 Å². The Balaban J connectivity index is 1.72. The van der Waals surface area contributed by atoms with E-state index in [1.807, 2.05) is 24.3 Å². The molecule has 1 aliphatic rings. The molecule has 0 saturated heterocycles. The van der Waals surface area contributed by atoms with Crippen LogP contribution in [0.25, 0.3) is 0 Å². The molecule has 110 valence electrons. The van der Waals surface area contributed by atoms with Crippen molar-refractivity contribution < 1.29 is 9.53 Å². The minimum absolute atomic E-state index is 0.256. The lowest BCUT2D eigenvalue weighted by molar-refractivity contribution is 0.0599. The van der Waals surface area contributed by atoms with Crippen molar-refractivity contribution in [1.82, 2.24) is 5.32 Å². The van der Waals surface area contributed by atoms with Gasteiger partial charge in [0.05, 0.1) is 12.7 Å². The first-order valence-corrected chi connectivity index (χ1v) is 7.68. The number of rotatable bonds is 7. The summed E-state index contributed by atoms with van der Waals surface area (Å²) in [6.07, 6.45) is 8.25. The molecule has 1 aromatic carbocycles. The molecule has 1 N–H and O–H groups in total. The molecular weight excluding hydrogens is 250 g/mol. The van der Waals surface area contributed by atoms with E-state index in [9.17, 15) is 4.79 Å². The highest BCUT2D eigenvalue weighted by Crippen LogP contribution is 2.28. The van der Waals surface area contributed by atoms with Gasteiger partial charge in [-0.15, -0.1) is 0 Å². The van der Waals surface area contributed by atoms with E-state index < -0.39 is 0 Å². The Morgan fingerprint density at radius 3 is 2.80 bits per heavy atom. The highest BCUT2D eigenvalue weighted by Gasteiger charge is 2.14. The molecule has 3 heteroatoms. The van der Waals surface area contributed by atoms with E-state index in [0.717, 1.165) is 24.6 Å². The second-order valence-corrected chi connectivity index (χ2v) is 5.62. The van der Waals surface area contributed by atoms with Crippen LogP contribution in [0, 0.1) is 5.92 Å². The standard InChI is InChI=1S/C17H25NO2/c1-20-17(19)16-11-5-4-10-15(16)13-18-12-6-9-14-7-2-3-8-14/h4-5,10-11,14,18H,2-3,6-9,12-13H2,1H3. The molecule has 0 aromatic heterocycles. The lowest BCUT2D eigenvalue weighted by Crippen LogP contribution is -2.18. The molecule has 0 aliphatic heterocycles. The minimum Gasteiger partial charge on any atom is -0.465 e. The molecule has 1 fully saturated rings. The second kappa shape index (κ2) is 8.05. The molecule has 2 rings (SSSR count). The SMILES string of the molecule is COC(=O)c1ccccc1CNCCCC1CCCC1. The number of ether oxygens (including phenoxy) is 1. The summed E-state index contributed by atoms with van der Waals surface area (Å²) in [5, 5.41) is 3.44. The first-order chi connectivity index (χ1) is 9.81. The predicted molar refractivity (Wildman–Crippen MR) is 80.7 cm³/mol. The van der Waals surface area contributed by atoms with Gasteiger partial charge in [0, 0.05) is 6.54 Å². The number of carbonyl (C=O) groups excluding carboxylic acids is 1. The summed E-state index contributed by atoms with van der Waals surface area (Å²) in [6, 6.07) is 7.63. The van der Waals surface area contributed by atoms with Gasteiger partial charge in [-0.2, -0.15) is 0 Å². The maximum absolute atomic E-state index is 11.6. The summed E-state index contributed by atoms with van der Waals surface area (Å²) in [7, 11) is 1.42. The smallest absolute Gasteiger partial charge is 0.338 e. The van der Waals surface area contributed by atoms with Crippen molar-refractivity contribution in [2.24, 2.45) is 5.92 Å². The second-order valence-electron chi connectivity index (χ2n) is 5.62. The third kappa shape index (κ3) is 4.34. The minimum atomic E-state index is -0.256. The van der Waals surface area contributed by atoms with Gasteiger partial charge in [-0.1, -0.05) is 43.9 Å². The third-order valence-corrected chi connectivity index (χ3v) is 4.18. The number of carbonyl (C=O) groups is 1. The molecule has 0 heterocycles. The van der Waals surface area contributed by atoms with Gasteiger partial charge in [-0.05, 0) is 36.9 Å². The van der Waals surface area contributed by atoms with E-state index in [1.54, 1.807) is 0 Å². The average molecular weight is 275 g/mol. The van der Waals surface area contributed by atoms with Gasteiger partial charge in [-0.3, -0.25) is 0 Å². The van der Waals surface area contributed by atoms with Crippen molar-refractivity contribution >= 4 is 5.97 Å². The van der Waals surface area contributed by atoms with Crippen LogP contribution >= 0.6 is 0 Å². The Morgan fingerprint density at radius 1 is 1.30 bits per heavy atom. The van der Waals surface area contributed by atoms with Crippen LogP contribution in [0.15, 0.2) is 24.3 Å². The Kier molecular flexibility index (Phi) is 6.06. The molecule has 1 aliphatic carbocycles. The number of hydrogen-bond donors (Lipinski definition) is 1. The number of hydrogen-bond acceptors (Lipinski definition) is 3. The quantitative estimate of drug-likeness (QED) is 0.611. The fourth-order valence-corrected chi connectivity index (χ4v) is 3.02. The Hall–Kier alpha value is -1.35. The summed E-state index contributed by atoms with van der Waals surface area (Å²) in [5.74, 6) is 0.701. The van der Waals surface area contributed by atoms with Crippen molar-refractivity contribution in [3.63, 3.8) is 0 Å². The monoisotopic (exact) mass is 275 g/mol. The largest absolute Gasteiger partial charge is 0.465 e. The first kappa shape index (κ1) is 15.0. The molecule has 0 atom stereocenters. The molecule has 0 unspecified atom stereocenters. The first-order valence-electron chi connectivity index (χ1n) is 7.68. The van der Waals surface area contributed by atoms with E-state index in [2.05, 4.69) is 5.32 Å². The molecule has 0 spiro atoms. The van der Waals surface area contributed by atoms with Crippen molar-refractivity contribution in [3.05, 3.63) is 35.4 Å². The summed E-state index contributed by atoms with van der Waals surface area (Å²) >= 11 is 0. The van der Waals surface area contributed by atoms with Crippen LogP contribution in [0.4, 0.5) is 0 Å². The van der Waals surface area contributed by atoms with Crippen LogP contribution in [0.2, 0.25) is 0 Å². The summed E-state index contributed by atoms with van der Waals surface area (Å²) in [5.41, 5.74) is 1.68. The van der Waals surface area contributed by atoms with Gasteiger partial charge in [-0.25, -0.2) is 4.79 Å². The van der Waals surface area contributed by atoms with Crippen molar-refractivity contribution in [3.8, 4) is 0 Å². The number of benzene rings is 1. The van der Waals surface area contributed by atoms with E-state index >= 15 is 0 Å². The molecule has 1 saturated carbocycles. The zero-order chi connectivity index (χ0) is 14.2. The van der Waals surface area contributed by atoms with Gasteiger partial charge in [0.15, 0.2) is 0 Å². The Labute approximate surface area is 121 Å². The van der Waals surface area contributed by atoms with Crippen LogP contribution in [0.5, 0.6) is 0 Å².